The second-order valence-corrected chi connectivity index (χ2v) is 6.91. The molecule has 0 aliphatic carbocycles. The first-order valence-electron chi connectivity index (χ1n) is 9.04. The molecule has 0 spiro atoms. The molecule has 2 heterocycles. The molecule has 0 radical (unpaired) electrons. The predicted octanol–water partition coefficient (Wildman–Crippen LogP) is 4.40. The van der Waals surface area contributed by atoms with Crippen molar-refractivity contribution in [2.75, 3.05) is 13.7 Å². The lowest BCUT2D eigenvalue weighted by molar-refractivity contribution is -0.671. The summed E-state index contributed by atoms with van der Waals surface area (Å²) >= 11 is 6.20. The topological polar surface area (TPSA) is 54.8 Å². The molecule has 0 amide bonds. The third-order valence-electron chi connectivity index (χ3n) is 4.74. The van der Waals surface area contributed by atoms with E-state index in [2.05, 4.69) is 40.8 Å². The van der Waals surface area contributed by atoms with Crippen LogP contribution in [0.5, 0.6) is 5.75 Å². The highest BCUT2D eigenvalue weighted by molar-refractivity contribution is 6.32. The second kappa shape index (κ2) is 7.91. The van der Waals surface area contributed by atoms with Crippen molar-refractivity contribution in [1.82, 2.24) is 4.98 Å². The van der Waals surface area contributed by atoms with Gasteiger partial charge in [0, 0.05) is 29.1 Å². The molecule has 27 heavy (non-hydrogen) atoms. The molecule has 2 aromatic heterocycles. The summed E-state index contributed by atoms with van der Waals surface area (Å²) < 4.78 is 11.2. The Morgan fingerprint density at radius 2 is 2.00 bits per heavy atom. The quantitative estimate of drug-likeness (QED) is 0.466. The van der Waals surface area contributed by atoms with E-state index in [9.17, 15) is 0 Å². The van der Waals surface area contributed by atoms with Crippen LogP contribution >= 0.6 is 11.6 Å². The van der Waals surface area contributed by atoms with Crippen molar-refractivity contribution in [3.63, 3.8) is 0 Å². The van der Waals surface area contributed by atoms with Gasteiger partial charge in [-0.25, -0.2) is 0 Å². The number of rotatable bonds is 7. The second-order valence-electron chi connectivity index (χ2n) is 6.51. The van der Waals surface area contributed by atoms with Crippen LogP contribution in [0.4, 0.5) is 0 Å². The lowest BCUT2D eigenvalue weighted by atomic mass is 10.1. The molecule has 4 rings (SSSR count). The molecular weight excluding hydrogens is 360 g/mol. The van der Waals surface area contributed by atoms with E-state index < -0.39 is 0 Å². The molecular formula is C22H22ClN2O2+. The van der Waals surface area contributed by atoms with Crippen molar-refractivity contribution < 1.29 is 14.5 Å². The smallest absolute Gasteiger partial charge is 0.158 e. The van der Waals surface area contributed by atoms with Crippen LogP contribution in [0.15, 0.2) is 65.2 Å². The SMILES string of the molecule is COc1ccc(-c2ccc(C[NH2+]CCc3c[nH]c4ccccc34)o2)cc1Cl. The number of nitrogens with two attached hydrogens (primary N) is 1. The molecule has 0 aliphatic heterocycles. The Balaban J connectivity index is 1.34. The van der Waals surface area contributed by atoms with E-state index >= 15 is 0 Å². The van der Waals surface area contributed by atoms with E-state index in [0.29, 0.717) is 10.8 Å². The highest BCUT2D eigenvalue weighted by Crippen LogP contribution is 2.30. The van der Waals surface area contributed by atoms with E-state index in [1.807, 2.05) is 30.3 Å². The van der Waals surface area contributed by atoms with Gasteiger partial charge < -0.3 is 19.5 Å². The lowest BCUT2D eigenvalue weighted by Crippen LogP contribution is -2.83. The number of benzene rings is 2. The van der Waals surface area contributed by atoms with Crippen LogP contribution in [0.25, 0.3) is 22.2 Å². The number of furan rings is 1. The third kappa shape index (κ3) is 3.87. The highest BCUT2D eigenvalue weighted by atomic mass is 35.5. The van der Waals surface area contributed by atoms with Gasteiger partial charge in [-0.3, -0.25) is 0 Å². The van der Waals surface area contributed by atoms with Gasteiger partial charge in [0.05, 0.1) is 18.7 Å². The Kier molecular flexibility index (Phi) is 5.19. The number of hydrogen-bond donors (Lipinski definition) is 2. The minimum Gasteiger partial charge on any atom is -0.495 e. The first-order valence-corrected chi connectivity index (χ1v) is 9.41. The highest BCUT2D eigenvalue weighted by Gasteiger charge is 2.09. The normalized spacial score (nSPS) is 11.2. The minimum atomic E-state index is 0.582. The number of quaternary nitrogens is 1. The Hall–Kier alpha value is -2.69. The summed E-state index contributed by atoms with van der Waals surface area (Å²) in [5, 5.41) is 4.16. The van der Waals surface area contributed by atoms with Gasteiger partial charge in [-0.05, 0) is 42.0 Å². The van der Waals surface area contributed by atoms with Gasteiger partial charge in [0.1, 0.15) is 18.1 Å². The molecule has 0 atom stereocenters. The number of aromatic amines is 1. The Labute approximate surface area is 163 Å². The van der Waals surface area contributed by atoms with E-state index in [0.717, 1.165) is 36.6 Å². The number of halogens is 1. The number of ether oxygens (including phenoxy) is 1. The zero-order chi connectivity index (χ0) is 18.6. The van der Waals surface area contributed by atoms with Crippen molar-refractivity contribution >= 4 is 22.5 Å². The van der Waals surface area contributed by atoms with Crippen LogP contribution in [0.2, 0.25) is 5.02 Å². The number of H-pyrrole nitrogens is 1. The van der Waals surface area contributed by atoms with Crippen LogP contribution in [-0.2, 0) is 13.0 Å². The summed E-state index contributed by atoms with van der Waals surface area (Å²) in [6.07, 6.45) is 3.13. The zero-order valence-corrected chi connectivity index (χ0v) is 15.9. The number of para-hydroxylation sites is 1. The Morgan fingerprint density at radius 1 is 1.11 bits per heavy atom. The summed E-state index contributed by atoms with van der Waals surface area (Å²) in [4.78, 5) is 3.33. The summed E-state index contributed by atoms with van der Waals surface area (Å²) in [5.41, 5.74) is 3.50. The van der Waals surface area contributed by atoms with Gasteiger partial charge >= 0.3 is 0 Å². The van der Waals surface area contributed by atoms with Gasteiger partial charge in [0.15, 0.2) is 5.76 Å². The number of nitrogens with one attached hydrogen (secondary N) is 1. The van der Waals surface area contributed by atoms with Gasteiger partial charge in [-0.15, -0.1) is 0 Å². The molecule has 5 heteroatoms. The van der Waals surface area contributed by atoms with Gasteiger partial charge in [0.25, 0.3) is 0 Å². The van der Waals surface area contributed by atoms with Crippen molar-refractivity contribution in [2.24, 2.45) is 0 Å². The van der Waals surface area contributed by atoms with Crippen LogP contribution in [-0.4, -0.2) is 18.6 Å². The molecule has 0 bridgehead atoms. The Bertz CT molecular complexity index is 1050. The molecule has 0 saturated heterocycles. The molecule has 4 nitrogen and oxygen atoms in total. The summed E-state index contributed by atoms with van der Waals surface area (Å²) in [5.74, 6) is 2.44. The fourth-order valence-electron chi connectivity index (χ4n) is 3.30. The van der Waals surface area contributed by atoms with E-state index in [1.165, 1.54) is 16.5 Å². The maximum absolute atomic E-state index is 6.20. The fraction of sp³-hybridized carbons (Fsp3) is 0.182. The first kappa shape index (κ1) is 17.7. The molecule has 0 aliphatic rings. The molecule has 0 saturated carbocycles. The first-order chi connectivity index (χ1) is 13.2. The van der Waals surface area contributed by atoms with Crippen molar-refractivity contribution in [3.05, 3.63) is 77.1 Å². The average Bonchev–Trinajstić information content (AvgIpc) is 3.32. The van der Waals surface area contributed by atoms with E-state index in [1.54, 1.807) is 7.11 Å². The van der Waals surface area contributed by atoms with Crippen LogP contribution < -0.4 is 10.1 Å². The average molecular weight is 382 g/mol. The summed E-state index contributed by atoms with van der Waals surface area (Å²) in [6, 6.07) is 18.1. The molecule has 0 unspecified atom stereocenters. The van der Waals surface area contributed by atoms with Crippen molar-refractivity contribution in [2.45, 2.75) is 13.0 Å². The lowest BCUT2D eigenvalue weighted by Gasteiger charge is -2.04. The molecule has 2 aromatic carbocycles. The fourth-order valence-corrected chi connectivity index (χ4v) is 3.56. The van der Waals surface area contributed by atoms with Crippen molar-refractivity contribution in [1.29, 1.82) is 0 Å². The standard InChI is InChI=1S/C22H21ClN2O2/c1-26-22-8-6-15(12-19(22)23)21-9-7-17(27-21)14-24-11-10-16-13-25-20-5-3-2-4-18(16)20/h2-9,12-13,24-25H,10-11,14H2,1H3/p+1. The molecule has 3 N–H and O–H groups in total. The van der Waals surface area contributed by atoms with Gasteiger partial charge in [-0.1, -0.05) is 29.8 Å². The number of methoxy groups -OCH3 is 1. The monoisotopic (exact) mass is 381 g/mol. The van der Waals surface area contributed by atoms with Gasteiger partial charge in [-0.2, -0.15) is 0 Å². The maximum Gasteiger partial charge on any atom is 0.158 e. The number of hydrogen-bond acceptors (Lipinski definition) is 2. The van der Waals surface area contributed by atoms with Crippen LogP contribution in [0.3, 0.4) is 0 Å². The number of fused-ring (bicyclic) bond motifs is 1. The molecule has 4 aromatic rings. The zero-order valence-electron chi connectivity index (χ0n) is 15.2. The molecule has 138 valence electrons. The van der Waals surface area contributed by atoms with Crippen molar-refractivity contribution in [3.8, 4) is 17.1 Å². The third-order valence-corrected chi connectivity index (χ3v) is 5.03. The van der Waals surface area contributed by atoms with E-state index in [-0.39, 0.29) is 0 Å². The minimum absolute atomic E-state index is 0.582. The van der Waals surface area contributed by atoms with Crippen LogP contribution in [0, 0.1) is 0 Å². The molecule has 0 fully saturated rings. The van der Waals surface area contributed by atoms with Gasteiger partial charge in [0.2, 0.25) is 0 Å². The predicted molar refractivity (Wildman–Crippen MR) is 108 cm³/mol. The maximum atomic E-state index is 6.20. The Morgan fingerprint density at radius 3 is 2.85 bits per heavy atom. The summed E-state index contributed by atoms with van der Waals surface area (Å²) in [7, 11) is 1.61. The number of aromatic nitrogens is 1. The van der Waals surface area contributed by atoms with Crippen LogP contribution in [0.1, 0.15) is 11.3 Å². The largest absolute Gasteiger partial charge is 0.495 e. The van der Waals surface area contributed by atoms with E-state index in [4.69, 9.17) is 20.8 Å². The summed E-state index contributed by atoms with van der Waals surface area (Å²) in [6.45, 7) is 1.82.